The van der Waals surface area contributed by atoms with Gasteiger partial charge in [-0.2, -0.15) is 13.2 Å². The number of aromatic nitrogens is 1. The molecular formula is C22H27F3N2O. The zero-order valence-electron chi connectivity index (χ0n) is 16.4. The summed E-state index contributed by atoms with van der Waals surface area (Å²) in [6.07, 6.45) is 1.36. The van der Waals surface area contributed by atoms with Gasteiger partial charge >= 0.3 is 6.18 Å². The summed E-state index contributed by atoms with van der Waals surface area (Å²) < 4.78 is 45.7. The van der Waals surface area contributed by atoms with Crippen LogP contribution in [0.2, 0.25) is 0 Å². The Morgan fingerprint density at radius 3 is 2.68 bits per heavy atom. The second kappa shape index (κ2) is 8.21. The molecule has 152 valence electrons. The van der Waals surface area contributed by atoms with Gasteiger partial charge in [-0.25, -0.2) is 0 Å². The largest absolute Gasteiger partial charge is 0.416 e. The van der Waals surface area contributed by atoms with Gasteiger partial charge in [0, 0.05) is 31.0 Å². The lowest BCUT2D eigenvalue weighted by atomic mass is 9.67. The molecule has 0 aliphatic carbocycles. The van der Waals surface area contributed by atoms with Crippen molar-refractivity contribution in [3.63, 3.8) is 0 Å². The number of hydrogen-bond acceptors (Lipinski definition) is 3. The summed E-state index contributed by atoms with van der Waals surface area (Å²) in [5.41, 5.74) is 0.544. The molecule has 1 aromatic carbocycles. The van der Waals surface area contributed by atoms with Crippen molar-refractivity contribution < 1.29 is 17.9 Å². The van der Waals surface area contributed by atoms with Gasteiger partial charge in [0.1, 0.15) is 0 Å². The second-order valence-corrected chi connectivity index (χ2v) is 8.18. The Morgan fingerprint density at radius 1 is 1.18 bits per heavy atom. The van der Waals surface area contributed by atoms with E-state index in [9.17, 15) is 13.2 Å². The minimum Gasteiger partial charge on any atom is -0.376 e. The van der Waals surface area contributed by atoms with E-state index in [4.69, 9.17) is 4.74 Å². The molecule has 1 fully saturated rings. The fourth-order valence-corrected chi connectivity index (χ4v) is 4.17. The maximum Gasteiger partial charge on any atom is 0.416 e. The first-order valence-corrected chi connectivity index (χ1v) is 9.62. The fraction of sp³-hybridized carbons (Fsp3) is 0.500. The van der Waals surface area contributed by atoms with Crippen molar-refractivity contribution >= 4 is 0 Å². The van der Waals surface area contributed by atoms with Gasteiger partial charge in [0.05, 0.1) is 11.2 Å². The molecule has 0 bridgehead atoms. The lowest BCUT2D eigenvalue weighted by Gasteiger charge is -2.45. The van der Waals surface area contributed by atoms with E-state index in [1.165, 1.54) is 12.1 Å². The first kappa shape index (κ1) is 20.8. The number of alkyl halides is 3. The molecule has 1 atom stereocenters. The lowest BCUT2D eigenvalue weighted by Crippen LogP contribution is -2.45. The summed E-state index contributed by atoms with van der Waals surface area (Å²) in [5, 5.41) is 3.41. The van der Waals surface area contributed by atoms with E-state index < -0.39 is 11.7 Å². The summed E-state index contributed by atoms with van der Waals surface area (Å²) in [4.78, 5) is 4.10. The third kappa shape index (κ3) is 5.11. The van der Waals surface area contributed by atoms with Gasteiger partial charge in [0.15, 0.2) is 0 Å². The molecule has 1 aliphatic rings. The van der Waals surface area contributed by atoms with Gasteiger partial charge in [0.25, 0.3) is 0 Å². The third-order valence-corrected chi connectivity index (χ3v) is 5.47. The SMILES string of the molecule is CC1(C)C[C@](CCNCc2cccnc2)(c2cccc(C(F)(F)F)c2)CCO1. The normalized spacial score (nSPS) is 22.2. The Hall–Kier alpha value is -1.92. The van der Waals surface area contributed by atoms with Crippen LogP contribution in [0.15, 0.2) is 48.8 Å². The van der Waals surface area contributed by atoms with Gasteiger partial charge < -0.3 is 10.1 Å². The molecule has 0 saturated carbocycles. The van der Waals surface area contributed by atoms with E-state index in [0.717, 1.165) is 23.6 Å². The average Bonchev–Trinajstić information content (AvgIpc) is 2.65. The van der Waals surface area contributed by atoms with E-state index in [-0.39, 0.29) is 11.0 Å². The van der Waals surface area contributed by atoms with Crippen LogP contribution in [0.1, 0.15) is 49.8 Å². The van der Waals surface area contributed by atoms with Crippen molar-refractivity contribution in [3.05, 3.63) is 65.5 Å². The topological polar surface area (TPSA) is 34.2 Å². The molecule has 1 aliphatic heterocycles. The van der Waals surface area contributed by atoms with E-state index in [1.54, 1.807) is 6.20 Å². The first-order valence-electron chi connectivity index (χ1n) is 9.62. The van der Waals surface area contributed by atoms with Crippen molar-refractivity contribution in [1.29, 1.82) is 0 Å². The highest BCUT2D eigenvalue weighted by molar-refractivity contribution is 5.33. The van der Waals surface area contributed by atoms with Gasteiger partial charge in [0.2, 0.25) is 0 Å². The van der Waals surface area contributed by atoms with Gasteiger partial charge in [-0.05, 0) is 62.9 Å². The van der Waals surface area contributed by atoms with Crippen molar-refractivity contribution in [2.75, 3.05) is 13.2 Å². The van der Waals surface area contributed by atoms with E-state index in [2.05, 4.69) is 10.3 Å². The predicted octanol–water partition coefficient (Wildman–Crippen LogP) is 5.11. The van der Waals surface area contributed by atoms with Crippen LogP contribution in [0.4, 0.5) is 13.2 Å². The number of nitrogens with zero attached hydrogens (tertiary/aromatic N) is 1. The van der Waals surface area contributed by atoms with Crippen LogP contribution < -0.4 is 5.32 Å². The van der Waals surface area contributed by atoms with E-state index in [1.807, 2.05) is 38.2 Å². The summed E-state index contributed by atoms with van der Waals surface area (Å²) in [6, 6.07) is 9.70. The summed E-state index contributed by atoms with van der Waals surface area (Å²) in [6.45, 7) is 5.97. The van der Waals surface area contributed by atoms with Crippen LogP contribution in [0.25, 0.3) is 0 Å². The maximum atomic E-state index is 13.3. The number of hydrogen-bond donors (Lipinski definition) is 1. The molecule has 3 rings (SSSR count). The highest BCUT2D eigenvalue weighted by Gasteiger charge is 2.42. The Kier molecular flexibility index (Phi) is 6.10. The van der Waals surface area contributed by atoms with Crippen molar-refractivity contribution in [3.8, 4) is 0 Å². The summed E-state index contributed by atoms with van der Waals surface area (Å²) >= 11 is 0. The summed E-state index contributed by atoms with van der Waals surface area (Å²) in [7, 11) is 0. The molecule has 2 aromatic rings. The lowest BCUT2D eigenvalue weighted by molar-refractivity contribution is -0.137. The summed E-state index contributed by atoms with van der Waals surface area (Å²) in [5.74, 6) is 0. The van der Waals surface area contributed by atoms with Crippen molar-refractivity contribution in [2.45, 2.75) is 56.8 Å². The first-order chi connectivity index (χ1) is 13.2. The van der Waals surface area contributed by atoms with Crippen LogP contribution in [-0.2, 0) is 22.9 Å². The van der Waals surface area contributed by atoms with Crippen LogP contribution in [-0.4, -0.2) is 23.7 Å². The molecule has 0 amide bonds. The predicted molar refractivity (Wildman–Crippen MR) is 103 cm³/mol. The zero-order valence-corrected chi connectivity index (χ0v) is 16.4. The number of ether oxygens (including phenoxy) is 1. The van der Waals surface area contributed by atoms with Crippen LogP contribution >= 0.6 is 0 Å². The Labute approximate surface area is 164 Å². The molecule has 3 nitrogen and oxygen atoms in total. The van der Waals surface area contributed by atoms with Crippen molar-refractivity contribution in [1.82, 2.24) is 10.3 Å². The Morgan fingerprint density at radius 2 is 2.00 bits per heavy atom. The van der Waals surface area contributed by atoms with Crippen LogP contribution in [0.5, 0.6) is 0 Å². The van der Waals surface area contributed by atoms with E-state index >= 15 is 0 Å². The quantitative estimate of drug-likeness (QED) is 0.694. The second-order valence-electron chi connectivity index (χ2n) is 8.18. The van der Waals surface area contributed by atoms with Gasteiger partial charge in [-0.1, -0.05) is 24.3 Å². The molecule has 6 heteroatoms. The minimum absolute atomic E-state index is 0.342. The highest BCUT2D eigenvalue weighted by atomic mass is 19.4. The molecular weight excluding hydrogens is 365 g/mol. The molecule has 1 aromatic heterocycles. The van der Waals surface area contributed by atoms with E-state index in [0.29, 0.717) is 32.5 Å². The number of rotatable bonds is 6. The molecule has 0 spiro atoms. The molecule has 1 N–H and O–H groups in total. The third-order valence-electron chi connectivity index (χ3n) is 5.47. The molecule has 1 saturated heterocycles. The smallest absolute Gasteiger partial charge is 0.376 e. The highest BCUT2D eigenvalue weighted by Crippen LogP contribution is 2.45. The Bertz CT molecular complexity index is 777. The number of nitrogens with one attached hydrogen (secondary N) is 1. The van der Waals surface area contributed by atoms with Gasteiger partial charge in [-0.3, -0.25) is 4.98 Å². The molecule has 0 unspecified atom stereocenters. The average molecular weight is 392 g/mol. The number of pyridine rings is 1. The van der Waals surface area contributed by atoms with Gasteiger partial charge in [-0.15, -0.1) is 0 Å². The Balaban J connectivity index is 1.78. The van der Waals surface area contributed by atoms with Crippen molar-refractivity contribution in [2.24, 2.45) is 0 Å². The minimum atomic E-state index is -4.34. The molecule has 2 heterocycles. The maximum absolute atomic E-state index is 13.3. The zero-order chi connectivity index (χ0) is 20.3. The molecule has 0 radical (unpaired) electrons. The number of halogens is 3. The van der Waals surface area contributed by atoms with Crippen LogP contribution in [0.3, 0.4) is 0 Å². The monoisotopic (exact) mass is 392 g/mol. The van der Waals surface area contributed by atoms with Crippen LogP contribution in [0, 0.1) is 0 Å². The fourth-order valence-electron chi connectivity index (χ4n) is 4.17. The standard InChI is InChI=1S/C22H27F3N2O/c1-20(2)16-21(9-12-28-20,8-11-27-15-17-5-4-10-26-14-17)18-6-3-7-19(13-18)22(23,24)25/h3-7,10,13-14,27H,8-9,11-12,15-16H2,1-2H3/t21-/m1/s1. The number of benzene rings is 1. The molecule has 28 heavy (non-hydrogen) atoms.